The summed E-state index contributed by atoms with van der Waals surface area (Å²) in [5.41, 5.74) is -2.75. The van der Waals surface area contributed by atoms with Gasteiger partial charge in [0.25, 0.3) is 5.56 Å². The van der Waals surface area contributed by atoms with Crippen LogP contribution in [-0.2, 0) is 10.9 Å². The molecule has 4 rings (SSSR count). The maximum atomic E-state index is 13.3. The van der Waals surface area contributed by atoms with Gasteiger partial charge in [-0.2, -0.15) is 18.3 Å². The Kier molecular flexibility index (Phi) is 3.44. The van der Waals surface area contributed by atoms with Gasteiger partial charge in [0.2, 0.25) is 0 Å². The van der Waals surface area contributed by atoms with E-state index in [0.29, 0.717) is 19.7 Å². The zero-order valence-electron chi connectivity index (χ0n) is 13.3. The highest BCUT2D eigenvalue weighted by Crippen LogP contribution is 2.43. The summed E-state index contributed by atoms with van der Waals surface area (Å²) in [6, 6.07) is 0.145. The first kappa shape index (κ1) is 15.9. The number of likely N-dealkylation sites (tertiary alicyclic amines) is 1. The number of hydrogen-bond donors (Lipinski definition) is 1. The number of aromatic nitrogens is 2. The number of hydrogen-bond acceptors (Lipinski definition) is 5. The van der Waals surface area contributed by atoms with E-state index in [1.807, 2.05) is 12.0 Å². The summed E-state index contributed by atoms with van der Waals surface area (Å²) in [7, 11) is 0. The molecular formula is C15H19F3N4O2. The quantitative estimate of drug-likeness (QED) is 0.823. The van der Waals surface area contributed by atoms with Crippen LogP contribution in [0.4, 0.5) is 18.9 Å². The van der Waals surface area contributed by atoms with Crippen LogP contribution in [0.3, 0.4) is 0 Å². The van der Waals surface area contributed by atoms with Crippen LogP contribution in [0.15, 0.2) is 11.0 Å². The van der Waals surface area contributed by atoms with Crippen LogP contribution in [-0.4, -0.2) is 53.1 Å². The summed E-state index contributed by atoms with van der Waals surface area (Å²) in [5.74, 6) is 0.278. The molecule has 0 spiro atoms. The molecule has 0 saturated carbocycles. The second-order valence-electron chi connectivity index (χ2n) is 6.99. The largest absolute Gasteiger partial charge is 0.423 e. The van der Waals surface area contributed by atoms with Gasteiger partial charge in [0.15, 0.2) is 0 Å². The third-order valence-corrected chi connectivity index (χ3v) is 5.41. The third-order valence-electron chi connectivity index (χ3n) is 5.41. The van der Waals surface area contributed by atoms with E-state index >= 15 is 0 Å². The fourth-order valence-electron chi connectivity index (χ4n) is 4.14. The molecular weight excluding hydrogens is 325 g/mol. The molecule has 3 aliphatic rings. The Morgan fingerprint density at radius 2 is 2.17 bits per heavy atom. The van der Waals surface area contributed by atoms with Crippen molar-refractivity contribution < 1.29 is 17.9 Å². The van der Waals surface area contributed by atoms with Gasteiger partial charge in [-0.1, -0.05) is 0 Å². The summed E-state index contributed by atoms with van der Waals surface area (Å²) < 4.78 is 45.5. The minimum Gasteiger partial charge on any atom is -0.368 e. The number of anilines is 1. The Labute approximate surface area is 136 Å². The van der Waals surface area contributed by atoms with Gasteiger partial charge < -0.3 is 9.64 Å². The molecule has 1 aromatic heterocycles. The number of nitrogens with zero attached hydrogens (tertiary/aromatic N) is 3. The molecule has 4 heterocycles. The van der Waals surface area contributed by atoms with Crippen molar-refractivity contribution in [1.29, 1.82) is 0 Å². The number of ether oxygens (including phenoxy) is 1. The van der Waals surface area contributed by atoms with E-state index in [1.165, 1.54) is 0 Å². The third kappa shape index (κ3) is 2.50. The van der Waals surface area contributed by atoms with Crippen LogP contribution in [0.2, 0.25) is 0 Å². The molecule has 3 saturated heterocycles. The number of rotatable bonds is 2. The average molecular weight is 344 g/mol. The van der Waals surface area contributed by atoms with Crippen molar-refractivity contribution in [3.8, 4) is 0 Å². The van der Waals surface area contributed by atoms with Gasteiger partial charge in [0, 0.05) is 25.7 Å². The molecule has 9 heteroatoms. The zero-order valence-corrected chi connectivity index (χ0v) is 13.3. The summed E-state index contributed by atoms with van der Waals surface area (Å²) in [5, 5.41) is 5.48. The van der Waals surface area contributed by atoms with Crippen molar-refractivity contribution in [2.75, 3.05) is 31.1 Å². The van der Waals surface area contributed by atoms with E-state index in [0.717, 1.165) is 25.6 Å². The fourth-order valence-corrected chi connectivity index (χ4v) is 4.14. The molecule has 1 unspecified atom stereocenters. The average Bonchev–Trinajstić information content (AvgIpc) is 3.10. The van der Waals surface area contributed by atoms with Gasteiger partial charge in [0.05, 0.1) is 18.5 Å². The van der Waals surface area contributed by atoms with Crippen LogP contribution in [0.1, 0.15) is 25.3 Å². The molecule has 0 aromatic carbocycles. The summed E-state index contributed by atoms with van der Waals surface area (Å²) >= 11 is 0. The van der Waals surface area contributed by atoms with Crippen molar-refractivity contribution in [3.63, 3.8) is 0 Å². The van der Waals surface area contributed by atoms with Crippen LogP contribution in [0, 0.1) is 5.92 Å². The van der Waals surface area contributed by atoms with E-state index in [-0.39, 0.29) is 23.4 Å². The molecule has 0 aliphatic carbocycles. The van der Waals surface area contributed by atoms with Gasteiger partial charge in [-0.15, -0.1) is 0 Å². The fraction of sp³-hybridized carbons (Fsp3) is 0.733. The maximum absolute atomic E-state index is 13.3. The number of H-pyrrole nitrogens is 1. The number of fused-ring (bicyclic) bond motifs is 1. The highest BCUT2D eigenvalue weighted by Gasteiger charge is 2.53. The first-order chi connectivity index (χ1) is 11.3. The number of aromatic amines is 1. The molecule has 6 nitrogen and oxygen atoms in total. The normalized spacial score (nSPS) is 33.6. The molecule has 0 radical (unpaired) electrons. The Bertz CT molecular complexity index is 701. The molecule has 1 N–H and O–H groups in total. The lowest BCUT2D eigenvalue weighted by molar-refractivity contribution is -0.138. The predicted molar refractivity (Wildman–Crippen MR) is 79.6 cm³/mol. The number of epoxide rings is 1. The highest BCUT2D eigenvalue weighted by atomic mass is 19.4. The van der Waals surface area contributed by atoms with Gasteiger partial charge >= 0.3 is 6.18 Å². The molecule has 3 aliphatic heterocycles. The maximum Gasteiger partial charge on any atom is 0.423 e. The van der Waals surface area contributed by atoms with Crippen molar-refractivity contribution in [1.82, 2.24) is 15.1 Å². The lowest BCUT2D eigenvalue weighted by atomic mass is 9.91. The molecule has 3 fully saturated rings. The minimum atomic E-state index is -4.70. The van der Waals surface area contributed by atoms with E-state index in [9.17, 15) is 18.0 Å². The molecule has 3 atom stereocenters. The van der Waals surface area contributed by atoms with E-state index in [2.05, 4.69) is 10.00 Å². The first-order valence-electron chi connectivity index (χ1n) is 8.10. The van der Waals surface area contributed by atoms with Crippen molar-refractivity contribution in [3.05, 3.63) is 22.1 Å². The van der Waals surface area contributed by atoms with Gasteiger partial charge in [-0.25, -0.2) is 5.10 Å². The van der Waals surface area contributed by atoms with Crippen molar-refractivity contribution in [2.24, 2.45) is 5.92 Å². The Morgan fingerprint density at radius 1 is 1.42 bits per heavy atom. The molecule has 1 aromatic rings. The van der Waals surface area contributed by atoms with Gasteiger partial charge in [-0.05, 0) is 25.7 Å². The van der Waals surface area contributed by atoms with Crippen LogP contribution in [0.5, 0.6) is 0 Å². The minimum absolute atomic E-state index is 0.123. The highest BCUT2D eigenvalue weighted by molar-refractivity contribution is 5.53. The second kappa shape index (κ2) is 5.19. The molecule has 0 amide bonds. The summed E-state index contributed by atoms with van der Waals surface area (Å²) in [6.45, 7) is 4.54. The smallest absolute Gasteiger partial charge is 0.368 e. The van der Waals surface area contributed by atoms with Crippen molar-refractivity contribution >= 4 is 5.69 Å². The van der Waals surface area contributed by atoms with Crippen LogP contribution >= 0.6 is 0 Å². The number of halogens is 3. The molecule has 24 heavy (non-hydrogen) atoms. The zero-order chi connectivity index (χ0) is 17.1. The Balaban J connectivity index is 1.66. The van der Waals surface area contributed by atoms with E-state index in [4.69, 9.17) is 4.74 Å². The van der Waals surface area contributed by atoms with Crippen LogP contribution < -0.4 is 10.5 Å². The van der Waals surface area contributed by atoms with Gasteiger partial charge in [-0.3, -0.25) is 9.69 Å². The standard InChI is InChI=1S/C15H19F3N4O2/c1-14(8-24-14)22-4-2-3-9-6-21(7-11(9)22)10-5-19-20-13(23)12(10)15(16,17)18/h5,9,11H,2-4,6-8H2,1H3,(H,20,23)/t9-,11+,14?/m0/s1. The van der Waals surface area contributed by atoms with E-state index < -0.39 is 17.3 Å². The van der Waals surface area contributed by atoms with Crippen molar-refractivity contribution in [2.45, 2.75) is 37.7 Å². The number of alkyl halides is 3. The van der Waals surface area contributed by atoms with Crippen LogP contribution in [0.25, 0.3) is 0 Å². The number of nitrogens with one attached hydrogen (secondary N) is 1. The number of piperidine rings is 1. The Hall–Kier alpha value is -1.61. The molecule has 0 bridgehead atoms. The SMILES string of the molecule is CC1(N2CCC[C@H]3CN(c4cn[nH]c(=O)c4C(F)(F)F)C[C@H]32)CO1. The van der Waals surface area contributed by atoms with E-state index in [1.54, 1.807) is 4.90 Å². The van der Waals surface area contributed by atoms with Gasteiger partial charge in [0.1, 0.15) is 11.3 Å². The predicted octanol–water partition coefficient (Wildman–Crippen LogP) is 1.44. The second-order valence-corrected chi connectivity index (χ2v) is 6.99. The molecule has 132 valence electrons. The first-order valence-corrected chi connectivity index (χ1v) is 8.10. The monoisotopic (exact) mass is 344 g/mol. The lowest BCUT2D eigenvalue weighted by Gasteiger charge is -2.39. The topological polar surface area (TPSA) is 64.8 Å². The summed E-state index contributed by atoms with van der Waals surface area (Å²) in [6.07, 6.45) is -1.61. The summed E-state index contributed by atoms with van der Waals surface area (Å²) in [4.78, 5) is 15.6. The lowest BCUT2D eigenvalue weighted by Crippen LogP contribution is -2.51. The Morgan fingerprint density at radius 3 is 2.83 bits per heavy atom.